The first-order valence-electron chi connectivity index (χ1n) is 7.39. The second-order valence-electron chi connectivity index (χ2n) is 7.19. The van der Waals surface area contributed by atoms with Crippen molar-refractivity contribution in [3.05, 3.63) is 0 Å². The van der Waals surface area contributed by atoms with Gasteiger partial charge in [0.15, 0.2) is 0 Å². The average molecular weight is 282 g/mol. The van der Waals surface area contributed by atoms with Gasteiger partial charge in [0.1, 0.15) is 5.78 Å². The third-order valence-electron chi connectivity index (χ3n) is 3.79. The standard InChI is InChI=1S/C15H26N2O3/c1-14(2)10-16(11-15(3,4)20-14)9-13(19)17-7-5-12(18)6-8-17/h5-11H2,1-4H3. The molecule has 0 unspecified atom stereocenters. The van der Waals surface area contributed by atoms with Crippen molar-refractivity contribution < 1.29 is 14.3 Å². The predicted octanol–water partition coefficient (Wildman–Crippen LogP) is 1.07. The summed E-state index contributed by atoms with van der Waals surface area (Å²) in [7, 11) is 0. The molecule has 0 bridgehead atoms. The van der Waals surface area contributed by atoms with E-state index in [1.165, 1.54) is 0 Å². The van der Waals surface area contributed by atoms with E-state index in [1.54, 1.807) is 0 Å². The molecule has 2 heterocycles. The Morgan fingerprint density at radius 1 is 1.10 bits per heavy atom. The Morgan fingerprint density at radius 3 is 2.10 bits per heavy atom. The summed E-state index contributed by atoms with van der Waals surface area (Å²) in [5.74, 6) is 0.397. The lowest BCUT2D eigenvalue weighted by molar-refractivity contribution is -0.182. The predicted molar refractivity (Wildman–Crippen MR) is 76.5 cm³/mol. The molecule has 0 aliphatic carbocycles. The minimum Gasteiger partial charge on any atom is -0.367 e. The van der Waals surface area contributed by atoms with E-state index in [0.29, 0.717) is 32.5 Å². The lowest BCUT2D eigenvalue weighted by atomic mass is 9.99. The molecule has 5 heteroatoms. The number of nitrogens with zero attached hydrogens (tertiary/aromatic N) is 2. The van der Waals surface area contributed by atoms with E-state index in [2.05, 4.69) is 32.6 Å². The molecule has 2 aliphatic rings. The average Bonchev–Trinajstić information content (AvgIpc) is 2.25. The SMILES string of the molecule is CC1(C)CN(CC(=O)N2CCC(=O)CC2)CC(C)(C)O1. The van der Waals surface area contributed by atoms with Gasteiger partial charge in [0.25, 0.3) is 0 Å². The van der Waals surface area contributed by atoms with Gasteiger partial charge in [-0.05, 0) is 27.7 Å². The zero-order chi connectivity index (χ0) is 15.0. The number of morpholine rings is 1. The maximum Gasteiger partial charge on any atom is 0.236 e. The molecular formula is C15H26N2O3. The van der Waals surface area contributed by atoms with Crippen LogP contribution in [0.1, 0.15) is 40.5 Å². The number of amides is 1. The van der Waals surface area contributed by atoms with Crippen LogP contribution in [-0.4, -0.2) is 65.4 Å². The Labute approximate surface area is 121 Å². The van der Waals surface area contributed by atoms with Gasteiger partial charge in [-0.3, -0.25) is 14.5 Å². The third kappa shape index (κ3) is 4.03. The highest BCUT2D eigenvalue weighted by Crippen LogP contribution is 2.27. The largest absolute Gasteiger partial charge is 0.367 e. The van der Waals surface area contributed by atoms with Gasteiger partial charge in [0.2, 0.25) is 5.91 Å². The molecule has 5 nitrogen and oxygen atoms in total. The van der Waals surface area contributed by atoms with Crippen molar-refractivity contribution in [3.8, 4) is 0 Å². The summed E-state index contributed by atoms with van der Waals surface area (Å²) in [5.41, 5.74) is -0.472. The molecule has 0 saturated carbocycles. The summed E-state index contributed by atoms with van der Waals surface area (Å²) in [5, 5.41) is 0. The molecule has 2 saturated heterocycles. The number of ketones is 1. The lowest BCUT2D eigenvalue weighted by Crippen LogP contribution is -2.59. The number of Topliss-reactive ketones (excluding diaryl/α,β-unsaturated/α-hetero) is 1. The highest BCUT2D eigenvalue weighted by atomic mass is 16.5. The van der Waals surface area contributed by atoms with E-state index in [1.807, 2.05) is 4.90 Å². The van der Waals surface area contributed by atoms with Crippen LogP contribution in [0.25, 0.3) is 0 Å². The minimum absolute atomic E-state index is 0.131. The number of likely N-dealkylation sites (tertiary alicyclic amines) is 1. The molecule has 0 aromatic rings. The van der Waals surface area contributed by atoms with Crippen LogP contribution < -0.4 is 0 Å². The molecule has 0 aromatic carbocycles. The third-order valence-corrected chi connectivity index (χ3v) is 3.79. The van der Waals surface area contributed by atoms with Crippen molar-refractivity contribution in [1.82, 2.24) is 9.80 Å². The quantitative estimate of drug-likeness (QED) is 0.760. The molecule has 20 heavy (non-hydrogen) atoms. The lowest BCUT2D eigenvalue weighted by Gasteiger charge is -2.47. The van der Waals surface area contributed by atoms with Crippen LogP contribution in [0.3, 0.4) is 0 Å². The molecule has 1 amide bonds. The number of hydrogen-bond donors (Lipinski definition) is 0. The molecule has 2 fully saturated rings. The minimum atomic E-state index is -0.236. The van der Waals surface area contributed by atoms with E-state index in [4.69, 9.17) is 4.74 Å². The van der Waals surface area contributed by atoms with Crippen LogP contribution in [0.4, 0.5) is 0 Å². The summed E-state index contributed by atoms with van der Waals surface area (Å²) in [6, 6.07) is 0. The summed E-state index contributed by atoms with van der Waals surface area (Å²) in [4.78, 5) is 27.5. The zero-order valence-corrected chi connectivity index (χ0v) is 13.1. The number of rotatable bonds is 2. The summed E-state index contributed by atoms with van der Waals surface area (Å²) < 4.78 is 6.02. The van der Waals surface area contributed by atoms with Crippen molar-refractivity contribution >= 4 is 11.7 Å². The maximum atomic E-state index is 12.3. The molecule has 0 aromatic heterocycles. The number of carbonyl (C=O) groups is 2. The molecule has 114 valence electrons. The molecular weight excluding hydrogens is 256 g/mol. The van der Waals surface area contributed by atoms with Crippen molar-refractivity contribution in [2.45, 2.75) is 51.7 Å². The Hall–Kier alpha value is -0.940. The second kappa shape index (κ2) is 5.45. The molecule has 2 rings (SSSR count). The van der Waals surface area contributed by atoms with Crippen molar-refractivity contribution in [1.29, 1.82) is 0 Å². The van der Waals surface area contributed by atoms with Crippen molar-refractivity contribution in [2.75, 3.05) is 32.7 Å². The van der Waals surface area contributed by atoms with E-state index in [-0.39, 0.29) is 22.9 Å². The Balaban J connectivity index is 1.92. The fourth-order valence-electron chi connectivity index (χ4n) is 3.35. The molecule has 0 spiro atoms. The van der Waals surface area contributed by atoms with Crippen LogP contribution in [0.5, 0.6) is 0 Å². The highest BCUT2D eigenvalue weighted by Gasteiger charge is 2.39. The first-order chi connectivity index (χ1) is 9.17. The highest BCUT2D eigenvalue weighted by molar-refractivity contribution is 5.84. The van der Waals surface area contributed by atoms with Crippen LogP contribution in [0, 0.1) is 0 Å². The van der Waals surface area contributed by atoms with Gasteiger partial charge in [-0.2, -0.15) is 0 Å². The summed E-state index contributed by atoms with van der Waals surface area (Å²) in [6.07, 6.45) is 1.01. The molecule has 0 atom stereocenters. The van der Waals surface area contributed by atoms with E-state index >= 15 is 0 Å². The monoisotopic (exact) mass is 282 g/mol. The second-order valence-corrected chi connectivity index (χ2v) is 7.19. The fourth-order valence-corrected chi connectivity index (χ4v) is 3.35. The van der Waals surface area contributed by atoms with Gasteiger partial charge >= 0.3 is 0 Å². The van der Waals surface area contributed by atoms with Gasteiger partial charge in [-0.1, -0.05) is 0 Å². The van der Waals surface area contributed by atoms with Crippen LogP contribution in [-0.2, 0) is 14.3 Å². The molecule has 0 N–H and O–H groups in total. The number of piperidine rings is 1. The van der Waals surface area contributed by atoms with Crippen LogP contribution >= 0.6 is 0 Å². The van der Waals surface area contributed by atoms with Crippen molar-refractivity contribution in [3.63, 3.8) is 0 Å². The van der Waals surface area contributed by atoms with Gasteiger partial charge in [0, 0.05) is 39.0 Å². The van der Waals surface area contributed by atoms with Crippen LogP contribution in [0.15, 0.2) is 0 Å². The van der Waals surface area contributed by atoms with E-state index < -0.39 is 0 Å². The molecule has 0 radical (unpaired) electrons. The fraction of sp³-hybridized carbons (Fsp3) is 0.867. The van der Waals surface area contributed by atoms with Gasteiger partial charge in [-0.15, -0.1) is 0 Å². The Bertz CT molecular complexity index is 378. The normalized spacial score (nSPS) is 26.6. The first kappa shape index (κ1) is 15.4. The van der Waals surface area contributed by atoms with Crippen molar-refractivity contribution in [2.24, 2.45) is 0 Å². The van der Waals surface area contributed by atoms with E-state index in [0.717, 1.165) is 13.1 Å². The zero-order valence-electron chi connectivity index (χ0n) is 13.1. The van der Waals surface area contributed by atoms with Crippen LogP contribution in [0.2, 0.25) is 0 Å². The Kier molecular flexibility index (Phi) is 4.21. The molecule has 2 aliphatic heterocycles. The number of hydrogen-bond acceptors (Lipinski definition) is 4. The topological polar surface area (TPSA) is 49.9 Å². The maximum absolute atomic E-state index is 12.3. The van der Waals surface area contributed by atoms with Gasteiger partial charge in [-0.25, -0.2) is 0 Å². The number of ether oxygens (including phenoxy) is 1. The summed E-state index contributed by atoms with van der Waals surface area (Å²) >= 11 is 0. The Morgan fingerprint density at radius 2 is 1.60 bits per heavy atom. The number of carbonyl (C=O) groups excluding carboxylic acids is 2. The first-order valence-corrected chi connectivity index (χ1v) is 7.39. The smallest absolute Gasteiger partial charge is 0.236 e. The van der Waals surface area contributed by atoms with Gasteiger partial charge in [0.05, 0.1) is 17.7 Å². The van der Waals surface area contributed by atoms with E-state index in [9.17, 15) is 9.59 Å². The summed E-state index contributed by atoms with van der Waals surface area (Å²) in [6.45, 7) is 11.3. The van der Waals surface area contributed by atoms with Gasteiger partial charge < -0.3 is 9.64 Å².